The third-order valence-electron chi connectivity index (χ3n) is 2.58. The van der Waals surface area contributed by atoms with Gasteiger partial charge in [0, 0.05) is 5.54 Å². The molecular formula is C12H16F3NO. The average molecular weight is 247 g/mol. The quantitative estimate of drug-likeness (QED) is 0.860. The number of benzene rings is 1. The molecule has 0 bridgehead atoms. The van der Waals surface area contributed by atoms with Crippen molar-refractivity contribution in [1.29, 1.82) is 0 Å². The van der Waals surface area contributed by atoms with Crippen LogP contribution in [0.25, 0.3) is 0 Å². The molecule has 0 aliphatic rings. The first-order chi connectivity index (χ1) is 7.65. The lowest BCUT2D eigenvalue weighted by atomic mass is 9.92. The van der Waals surface area contributed by atoms with Crippen molar-refractivity contribution in [3.05, 3.63) is 34.9 Å². The Bertz CT molecular complexity index is 399. The van der Waals surface area contributed by atoms with Gasteiger partial charge in [0.25, 0.3) is 0 Å². The molecule has 0 radical (unpaired) electrons. The van der Waals surface area contributed by atoms with Gasteiger partial charge in [-0.15, -0.1) is 0 Å². The predicted molar refractivity (Wildman–Crippen MR) is 59.6 cm³/mol. The highest BCUT2D eigenvalue weighted by atomic mass is 19.4. The molecule has 1 unspecified atom stereocenters. The molecule has 1 aromatic rings. The summed E-state index contributed by atoms with van der Waals surface area (Å²) < 4.78 is 38.0. The summed E-state index contributed by atoms with van der Waals surface area (Å²) in [6, 6.07) is 4.12. The first-order valence-electron chi connectivity index (χ1n) is 5.22. The van der Waals surface area contributed by atoms with Crippen LogP contribution < -0.4 is 5.73 Å². The van der Waals surface area contributed by atoms with Gasteiger partial charge in [-0.3, -0.25) is 0 Å². The van der Waals surface area contributed by atoms with E-state index < -0.39 is 17.3 Å². The second-order valence-corrected chi connectivity index (χ2v) is 4.64. The standard InChI is InChI=1S/C12H16F3NO/c1-8-3-4-9(6-11(2,16)7-17)5-10(8)12(13,14)15/h3-5,17H,6-7,16H2,1-2H3. The van der Waals surface area contributed by atoms with Gasteiger partial charge in [-0.2, -0.15) is 13.2 Å². The fraction of sp³-hybridized carbons (Fsp3) is 0.500. The Labute approximate surface area is 98.3 Å². The fourth-order valence-corrected chi connectivity index (χ4v) is 1.61. The maximum Gasteiger partial charge on any atom is 0.416 e. The minimum absolute atomic E-state index is 0.184. The summed E-state index contributed by atoms with van der Waals surface area (Å²) >= 11 is 0. The van der Waals surface area contributed by atoms with Crippen molar-refractivity contribution in [3.63, 3.8) is 0 Å². The lowest BCUT2D eigenvalue weighted by molar-refractivity contribution is -0.138. The lowest BCUT2D eigenvalue weighted by Gasteiger charge is -2.22. The summed E-state index contributed by atoms with van der Waals surface area (Å²) in [6.45, 7) is 2.74. The van der Waals surface area contributed by atoms with Crippen LogP contribution in [-0.4, -0.2) is 17.3 Å². The van der Waals surface area contributed by atoms with Crippen molar-refractivity contribution in [2.75, 3.05) is 6.61 Å². The minimum Gasteiger partial charge on any atom is -0.394 e. The first-order valence-corrected chi connectivity index (χ1v) is 5.22. The third-order valence-corrected chi connectivity index (χ3v) is 2.58. The van der Waals surface area contributed by atoms with Gasteiger partial charge in [0.05, 0.1) is 12.2 Å². The van der Waals surface area contributed by atoms with E-state index in [0.717, 1.165) is 6.07 Å². The smallest absolute Gasteiger partial charge is 0.394 e. The SMILES string of the molecule is Cc1ccc(CC(C)(N)CO)cc1C(F)(F)F. The van der Waals surface area contributed by atoms with E-state index in [2.05, 4.69) is 0 Å². The molecule has 17 heavy (non-hydrogen) atoms. The number of aliphatic hydroxyl groups is 1. The summed E-state index contributed by atoms with van der Waals surface area (Å²) in [4.78, 5) is 0. The van der Waals surface area contributed by atoms with Gasteiger partial charge >= 0.3 is 6.18 Å². The molecule has 0 fully saturated rings. The molecule has 1 rings (SSSR count). The van der Waals surface area contributed by atoms with Crippen LogP contribution in [0.2, 0.25) is 0 Å². The van der Waals surface area contributed by atoms with Crippen LogP contribution in [0, 0.1) is 6.92 Å². The topological polar surface area (TPSA) is 46.2 Å². The summed E-state index contributed by atoms with van der Waals surface area (Å²) in [5.41, 5.74) is 4.82. The third kappa shape index (κ3) is 3.71. The Hall–Kier alpha value is -1.07. The highest BCUT2D eigenvalue weighted by Gasteiger charge is 2.32. The normalized spacial score (nSPS) is 15.7. The molecule has 0 saturated carbocycles. The second-order valence-electron chi connectivity index (χ2n) is 4.64. The number of halogens is 3. The van der Waals surface area contributed by atoms with Gasteiger partial charge in [-0.1, -0.05) is 12.1 Å². The van der Waals surface area contributed by atoms with E-state index in [0.29, 0.717) is 5.56 Å². The van der Waals surface area contributed by atoms with Crippen molar-refractivity contribution < 1.29 is 18.3 Å². The molecular weight excluding hydrogens is 231 g/mol. The monoisotopic (exact) mass is 247 g/mol. The number of hydrogen-bond acceptors (Lipinski definition) is 2. The second kappa shape index (κ2) is 4.66. The number of aryl methyl sites for hydroxylation is 1. The molecule has 0 aliphatic carbocycles. The Balaban J connectivity index is 3.06. The van der Waals surface area contributed by atoms with Crippen LogP contribution in [0.1, 0.15) is 23.6 Å². The number of aliphatic hydroxyl groups excluding tert-OH is 1. The molecule has 1 atom stereocenters. The van der Waals surface area contributed by atoms with Gasteiger partial charge in [0.1, 0.15) is 0 Å². The Morgan fingerprint density at radius 2 is 1.88 bits per heavy atom. The Morgan fingerprint density at radius 1 is 1.29 bits per heavy atom. The molecule has 0 aromatic heterocycles. The first kappa shape index (κ1) is 14.0. The largest absolute Gasteiger partial charge is 0.416 e. The number of rotatable bonds is 3. The molecule has 96 valence electrons. The van der Waals surface area contributed by atoms with E-state index >= 15 is 0 Å². The lowest BCUT2D eigenvalue weighted by Crippen LogP contribution is -2.42. The zero-order valence-corrected chi connectivity index (χ0v) is 9.80. The molecule has 3 N–H and O–H groups in total. The summed E-state index contributed by atoms with van der Waals surface area (Å²) in [5.74, 6) is 0. The van der Waals surface area contributed by atoms with Crippen LogP contribution in [0.3, 0.4) is 0 Å². The zero-order chi connectivity index (χ0) is 13.3. The summed E-state index contributed by atoms with van der Waals surface area (Å²) in [7, 11) is 0. The fourth-order valence-electron chi connectivity index (χ4n) is 1.61. The molecule has 0 spiro atoms. The maximum absolute atomic E-state index is 12.7. The van der Waals surface area contributed by atoms with E-state index in [1.54, 1.807) is 13.0 Å². The molecule has 0 amide bonds. The van der Waals surface area contributed by atoms with Crippen LogP contribution in [-0.2, 0) is 12.6 Å². The van der Waals surface area contributed by atoms with E-state index in [1.165, 1.54) is 13.0 Å². The van der Waals surface area contributed by atoms with Gasteiger partial charge in [-0.05, 0) is 37.5 Å². The van der Waals surface area contributed by atoms with Crippen LogP contribution in [0.4, 0.5) is 13.2 Å². The molecule has 0 saturated heterocycles. The Kier molecular flexibility index (Phi) is 3.84. The van der Waals surface area contributed by atoms with Crippen molar-refractivity contribution in [2.24, 2.45) is 5.73 Å². The van der Waals surface area contributed by atoms with Gasteiger partial charge in [0.2, 0.25) is 0 Å². The van der Waals surface area contributed by atoms with E-state index in [9.17, 15) is 13.2 Å². The molecule has 2 nitrogen and oxygen atoms in total. The molecule has 5 heteroatoms. The predicted octanol–water partition coefficient (Wildman–Crippen LogP) is 2.27. The van der Waals surface area contributed by atoms with Crippen LogP contribution in [0.5, 0.6) is 0 Å². The van der Waals surface area contributed by atoms with Crippen molar-refractivity contribution in [1.82, 2.24) is 0 Å². The minimum atomic E-state index is -4.36. The van der Waals surface area contributed by atoms with Gasteiger partial charge in [0.15, 0.2) is 0 Å². The van der Waals surface area contributed by atoms with Crippen molar-refractivity contribution in [2.45, 2.75) is 32.0 Å². The maximum atomic E-state index is 12.7. The highest BCUT2D eigenvalue weighted by molar-refractivity contribution is 5.34. The van der Waals surface area contributed by atoms with E-state index in [4.69, 9.17) is 10.8 Å². The summed E-state index contributed by atoms with van der Waals surface area (Å²) in [5, 5.41) is 8.99. The van der Waals surface area contributed by atoms with Crippen LogP contribution >= 0.6 is 0 Å². The molecule has 0 aliphatic heterocycles. The van der Waals surface area contributed by atoms with Gasteiger partial charge < -0.3 is 10.8 Å². The number of hydrogen-bond donors (Lipinski definition) is 2. The van der Waals surface area contributed by atoms with E-state index in [-0.39, 0.29) is 18.6 Å². The van der Waals surface area contributed by atoms with Crippen molar-refractivity contribution >= 4 is 0 Å². The Morgan fingerprint density at radius 3 is 2.35 bits per heavy atom. The van der Waals surface area contributed by atoms with Gasteiger partial charge in [-0.25, -0.2) is 0 Å². The number of alkyl halides is 3. The average Bonchev–Trinajstić information content (AvgIpc) is 2.19. The molecule has 1 aromatic carbocycles. The summed E-state index contributed by atoms with van der Waals surface area (Å²) in [6.07, 6.45) is -4.16. The van der Waals surface area contributed by atoms with E-state index in [1.807, 2.05) is 0 Å². The van der Waals surface area contributed by atoms with Crippen LogP contribution in [0.15, 0.2) is 18.2 Å². The van der Waals surface area contributed by atoms with Crippen molar-refractivity contribution in [3.8, 4) is 0 Å². The molecule has 0 heterocycles. The highest BCUT2D eigenvalue weighted by Crippen LogP contribution is 2.32. The number of nitrogens with two attached hydrogens (primary N) is 1. The zero-order valence-electron chi connectivity index (χ0n) is 9.80.